The smallest absolute Gasteiger partial charge is 0.189 e. The predicted molar refractivity (Wildman–Crippen MR) is 158 cm³/mol. The average molecular weight is 507 g/mol. The van der Waals surface area contributed by atoms with Gasteiger partial charge in [0, 0.05) is 61.3 Å². The van der Waals surface area contributed by atoms with E-state index >= 15 is 0 Å². The molecule has 5 nitrogen and oxygen atoms in total. The van der Waals surface area contributed by atoms with Crippen molar-refractivity contribution >= 4 is 11.4 Å². The van der Waals surface area contributed by atoms with Crippen molar-refractivity contribution in [2.75, 3.05) is 36.0 Å². The number of benzene rings is 3. The summed E-state index contributed by atoms with van der Waals surface area (Å²) in [6.45, 7) is 15.0. The fourth-order valence-corrected chi connectivity index (χ4v) is 6.69. The predicted octanol–water partition coefficient (Wildman–Crippen LogP) is 7.01. The van der Waals surface area contributed by atoms with Gasteiger partial charge in [-0.1, -0.05) is 31.2 Å². The van der Waals surface area contributed by atoms with E-state index < -0.39 is 5.60 Å². The largest absolute Gasteiger partial charge is 0.472 e. The van der Waals surface area contributed by atoms with Crippen LogP contribution >= 0.6 is 0 Å². The molecule has 2 heterocycles. The fraction of sp³-hybridized carbons (Fsp3) is 0.364. The molecule has 1 aliphatic heterocycles. The molecule has 0 saturated heterocycles. The highest BCUT2D eigenvalue weighted by Gasteiger charge is 2.53. The molecule has 0 amide bonds. The summed E-state index contributed by atoms with van der Waals surface area (Å²) in [5.41, 5.74) is 11.2. The molecule has 1 spiro atoms. The van der Waals surface area contributed by atoms with Crippen molar-refractivity contribution in [3.63, 3.8) is 0 Å². The van der Waals surface area contributed by atoms with Crippen LogP contribution in [0.3, 0.4) is 0 Å². The van der Waals surface area contributed by atoms with Crippen LogP contribution in [0, 0.1) is 0 Å². The summed E-state index contributed by atoms with van der Waals surface area (Å²) in [6, 6.07) is 22.4. The van der Waals surface area contributed by atoms with Gasteiger partial charge in [-0.25, -0.2) is 0 Å². The van der Waals surface area contributed by atoms with Crippen LogP contribution in [0.25, 0.3) is 22.4 Å². The minimum Gasteiger partial charge on any atom is -0.472 e. The van der Waals surface area contributed by atoms with Crippen LogP contribution in [-0.2, 0) is 19.1 Å². The maximum absolute atomic E-state index is 7.24. The highest BCUT2D eigenvalue weighted by atomic mass is 16.5. The number of fused-ring (bicyclic) bond motifs is 9. The van der Waals surface area contributed by atoms with Gasteiger partial charge in [0.2, 0.25) is 0 Å². The second kappa shape index (κ2) is 9.23. The van der Waals surface area contributed by atoms with Crippen LogP contribution in [-0.4, -0.2) is 36.0 Å². The normalized spacial score (nSPS) is 13.9. The molecule has 1 aliphatic carbocycles. The molecule has 1 aromatic heterocycles. The van der Waals surface area contributed by atoms with Gasteiger partial charge in [-0.15, -0.1) is 0 Å². The van der Waals surface area contributed by atoms with E-state index in [1.165, 1.54) is 39.2 Å². The summed E-state index contributed by atoms with van der Waals surface area (Å²) in [7, 11) is 2.07. The lowest BCUT2D eigenvalue weighted by molar-refractivity contribution is 0.156. The summed E-state index contributed by atoms with van der Waals surface area (Å²) < 4.78 is 9.30. The van der Waals surface area contributed by atoms with Gasteiger partial charge in [-0.05, 0) is 81.6 Å². The van der Waals surface area contributed by atoms with Gasteiger partial charge in [0.25, 0.3) is 0 Å². The van der Waals surface area contributed by atoms with E-state index in [0.717, 1.165) is 55.3 Å². The van der Waals surface area contributed by atoms with Gasteiger partial charge >= 0.3 is 0 Å². The highest BCUT2D eigenvalue weighted by Crippen LogP contribution is 2.60. The van der Waals surface area contributed by atoms with Crippen molar-refractivity contribution < 1.29 is 4.74 Å². The minimum absolute atomic E-state index is 0.739. The van der Waals surface area contributed by atoms with Gasteiger partial charge in [-0.3, -0.25) is 4.68 Å². The Kier molecular flexibility index (Phi) is 5.97. The molecule has 0 bridgehead atoms. The molecule has 4 aromatic rings. The van der Waals surface area contributed by atoms with Gasteiger partial charge in [0.1, 0.15) is 5.75 Å². The molecule has 38 heavy (non-hydrogen) atoms. The molecule has 0 atom stereocenters. The Morgan fingerprint density at radius 2 is 1.29 bits per heavy atom. The molecular formula is C33H38N4O. The van der Waals surface area contributed by atoms with Gasteiger partial charge < -0.3 is 14.5 Å². The van der Waals surface area contributed by atoms with Gasteiger partial charge in [0.15, 0.2) is 5.60 Å². The second-order valence-electron chi connectivity index (χ2n) is 10.2. The van der Waals surface area contributed by atoms with Crippen LogP contribution in [0.1, 0.15) is 57.0 Å². The molecule has 196 valence electrons. The maximum Gasteiger partial charge on any atom is 0.189 e. The van der Waals surface area contributed by atoms with Gasteiger partial charge in [0.05, 0.1) is 17.0 Å². The quantitative estimate of drug-likeness (QED) is 0.270. The Balaban J connectivity index is 1.71. The average Bonchev–Trinajstić information content (AvgIpc) is 3.43. The summed E-state index contributed by atoms with van der Waals surface area (Å²) in [5.74, 6) is 0.907. The zero-order valence-corrected chi connectivity index (χ0v) is 23.5. The number of aryl methyl sites for hydroxylation is 2. The lowest BCUT2D eigenvalue weighted by atomic mass is 9.78. The van der Waals surface area contributed by atoms with Crippen LogP contribution in [0.5, 0.6) is 5.75 Å². The Labute approximate surface area is 226 Å². The third kappa shape index (κ3) is 3.27. The first-order chi connectivity index (χ1) is 18.5. The molecule has 0 saturated carbocycles. The van der Waals surface area contributed by atoms with Crippen molar-refractivity contribution in [3.8, 4) is 28.1 Å². The highest BCUT2D eigenvalue weighted by molar-refractivity contribution is 5.90. The van der Waals surface area contributed by atoms with E-state index in [2.05, 4.69) is 117 Å². The molecule has 2 aliphatic rings. The molecule has 5 heteroatoms. The number of hydrogen-bond donors (Lipinski definition) is 0. The number of para-hydroxylation sites is 1. The molecular weight excluding hydrogens is 468 g/mol. The standard InChI is InChI=1S/C33H38N4O/c1-7-29-31-32(35(6)34-29)24-14-12-13-15-30(24)38-33(31)27-18-16-22(36(8-2)9-3)20-25(27)26-21-23(17-19-28(26)33)37(10-4)11-5/h12-21H,7-11H2,1-6H3. The minimum atomic E-state index is -0.739. The molecule has 3 aromatic carbocycles. The van der Waals surface area contributed by atoms with Gasteiger partial charge in [-0.2, -0.15) is 5.10 Å². The van der Waals surface area contributed by atoms with Crippen LogP contribution < -0.4 is 14.5 Å². The van der Waals surface area contributed by atoms with Crippen LogP contribution in [0.4, 0.5) is 11.4 Å². The number of hydrogen-bond acceptors (Lipinski definition) is 4. The monoisotopic (exact) mass is 506 g/mol. The third-order valence-electron chi connectivity index (χ3n) is 8.52. The van der Waals surface area contributed by atoms with Crippen molar-refractivity contribution in [2.24, 2.45) is 7.05 Å². The summed E-state index contributed by atoms with van der Waals surface area (Å²) in [6.07, 6.45) is 0.843. The van der Waals surface area contributed by atoms with E-state index in [4.69, 9.17) is 9.84 Å². The van der Waals surface area contributed by atoms with E-state index in [1.54, 1.807) is 0 Å². The van der Waals surface area contributed by atoms with Crippen LogP contribution in [0.15, 0.2) is 60.7 Å². The van der Waals surface area contributed by atoms with E-state index in [1.807, 2.05) is 0 Å². The van der Waals surface area contributed by atoms with Crippen molar-refractivity contribution in [2.45, 2.75) is 46.6 Å². The van der Waals surface area contributed by atoms with Crippen molar-refractivity contribution in [1.82, 2.24) is 9.78 Å². The lowest BCUT2D eigenvalue weighted by Crippen LogP contribution is -2.37. The van der Waals surface area contributed by atoms with E-state index in [-0.39, 0.29) is 0 Å². The molecule has 6 rings (SSSR count). The molecule has 0 unspecified atom stereocenters. The molecule has 0 fully saturated rings. The van der Waals surface area contributed by atoms with E-state index in [0.29, 0.717) is 0 Å². The molecule has 0 radical (unpaired) electrons. The number of nitrogens with zero attached hydrogens (tertiary/aromatic N) is 4. The van der Waals surface area contributed by atoms with Crippen LogP contribution in [0.2, 0.25) is 0 Å². The maximum atomic E-state index is 7.24. The first-order valence-corrected chi connectivity index (χ1v) is 14.2. The zero-order chi connectivity index (χ0) is 26.6. The lowest BCUT2D eigenvalue weighted by Gasteiger charge is -2.38. The number of rotatable bonds is 7. The number of ether oxygens (including phenoxy) is 1. The first-order valence-electron chi connectivity index (χ1n) is 14.2. The van der Waals surface area contributed by atoms with E-state index in [9.17, 15) is 0 Å². The Hall–Kier alpha value is -3.73. The zero-order valence-electron chi connectivity index (χ0n) is 23.5. The summed E-state index contributed by atoms with van der Waals surface area (Å²) in [4.78, 5) is 4.84. The Bertz CT molecular complexity index is 1450. The fourth-order valence-electron chi connectivity index (χ4n) is 6.69. The number of aromatic nitrogens is 2. The summed E-state index contributed by atoms with van der Waals surface area (Å²) in [5, 5.41) is 5.04. The number of anilines is 2. The van der Waals surface area contributed by atoms with Crippen molar-refractivity contribution in [3.05, 3.63) is 83.0 Å². The SMILES string of the molecule is CCc1nn(C)c2c1C1(Oc3ccccc3-2)c2ccc(N(CC)CC)cc2-c2cc(N(CC)CC)ccc21. The summed E-state index contributed by atoms with van der Waals surface area (Å²) >= 11 is 0. The Morgan fingerprint density at radius 3 is 1.82 bits per heavy atom. The second-order valence-corrected chi connectivity index (χ2v) is 10.2. The first kappa shape index (κ1) is 24.6. The molecule has 0 N–H and O–H groups in total. The van der Waals surface area contributed by atoms with Crippen molar-refractivity contribution in [1.29, 1.82) is 0 Å². The Morgan fingerprint density at radius 1 is 0.737 bits per heavy atom. The third-order valence-corrected chi connectivity index (χ3v) is 8.52. The topological polar surface area (TPSA) is 33.5 Å².